The molecule has 4 aromatic rings. The second-order valence-electron chi connectivity index (χ2n) is 6.50. The Bertz CT molecular complexity index is 1060. The molecule has 130 valence electrons. The Kier molecular flexibility index (Phi) is 4.09. The van der Waals surface area contributed by atoms with E-state index in [0.29, 0.717) is 0 Å². The van der Waals surface area contributed by atoms with Crippen molar-refractivity contribution in [2.75, 3.05) is 0 Å². The second-order valence-corrected chi connectivity index (χ2v) is 6.50. The van der Waals surface area contributed by atoms with Crippen molar-refractivity contribution in [3.63, 3.8) is 0 Å². The molecule has 26 heavy (non-hydrogen) atoms. The molecule has 4 heteroatoms. The summed E-state index contributed by atoms with van der Waals surface area (Å²) >= 11 is 0. The van der Waals surface area contributed by atoms with Crippen molar-refractivity contribution in [2.24, 2.45) is 0 Å². The van der Waals surface area contributed by atoms with Crippen LogP contribution in [-0.2, 0) is 0 Å². The number of aryl methyl sites for hydroxylation is 3. The van der Waals surface area contributed by atoms with Crippen LogP contribution in [0.5, 0.6) is 11.5 Å². The van der Waals surface area contributed by atoms with Crippen LogP contribution in [0.2, 0.25) is 0 Å². The van der Waals surface area contributed by atoms with E-state index in [0.717, 1.165) is 39.8 Å². The quantitative estimate of drug-likeness (QED) is 0.525. The van der Waals surface area contributed by atoms with E-state index in [1.807, 2.05) is 54.2 Å². The molecule has 0 amide bonds. The smallest absolute Gasteiger partial charge is 0.129 e. The van der Waals surface area contributed by atoms with E-state index in [9.17, 15) is 0 Å². The fourth-order valence-electron chi connectivity index (χ4n) is 3.18. The molecule has 0 atom stereocenters. The third-order valence-electron chi connectivity index (χ3n) is 4.39. The molecule has 4 rings (SSSR count). The summed E-state index contributed by atoms with van der Waals surface area (Å²) in [6.45, 7) is 6.14. The Morgan fingerprint density at radius 3 is 2.35 bits per heavy atom. The third-order valence-corrected chi connectivity index (χ3v) is 4.39. The maximum atomic E-state index is 6.11. The van der Waals surface area contributed by atoms with Crippen LogP contribution in [0.4, 0.5) is 0 Å². The zero-order valence-corrected chi connectivity index (χ0v) is 15.2. The van der Waals surface area contributed by atoms with Crippen LogP contribution in [0.1, 0.15) is 17.0 Å². The predicted molar refractivity (Wildman–Crippen MR) is 104 cm³/mol. The molecule has 0 bridgehead atoms. The van der Waals surface area contributed by atoms with Gasteiger partial charge in [0, 0.05) is 29.2 Å². The standard InChI is InChI=1S/C22H21N3O/c1-15-10-11-23-22(15)18-6-4-8-20(13-18)26-21-9-5-7-19(14-21)25-17(3)12-16(2)24-25/h4-14,23H,1-3H3. The van der Waals surface area contributed by atoms with Crippen LogP contribution < -0.4 is 4.74 Å². The van der Waals surface area contributed by atoms with Crippen molar-refractivity contribution < 1.29 is 4.74 Å². The highest BCUT2D eigenvalue weighted by molar-refractivity contribution is 5.65. The van der Waals surface area contributed by atoms with E-state index in [1.165, 1.54) is 5.56 Å². The van der Waals surface area contributed by atoms with Crippen molar-refractivity contribution >= 4 is 0 Å². The molecule has 0 aliphatic rings. The Hall–Kier alpha value is -3.27. The fraction of sp³-hybridized carbons (Fsp3) is 0.136. The zero-order chi connectivity index (χ0) is 18.1. The first-order valence-corrected chi connectivity index (χ1v) is 8.66. The lowest BCUT2D eigenvalue weighted by Gasteiger charge is -2.10. The van der Waals surface area contributed by atoms with Gasteiger partial charge in [-0.1, -0.05) is 18.2 Å². The lowest BCUT2D eigenvalue weighted by atomic mass is 10.1. The number of aromatic nitrogens is 3. The minimum absolute atomic E-state index is 0.787. The van der Waals surface area contributed by atoms with Crippen molar-refractivity contribution in [1.29, 1.82) is 0 Å². The molecular formula is C22H21N3O. The van der Waals surface area contributed by atoms with E-state index in [1.54, 1.807) is 0 Å². The zero-order valence-electron chi connectivity index (χ0n) is 15.2. The van der Waals surface area contributed by atoms with Crippen molar-refractivity contribution in [1.82, 2.24) is 14.8 Å². The number of ether oxygens (including phenoxy) is 1. The van der Waals surface area contributed by atoms with Crippen LogP contribution in [0.3, 0.4) is 0 Å². The van der Waals surface area contributed by atoms with Gasteiger partial charge in [-0.15, -0.1) is 0 Å². The molecule has 2 aromatic carbocycles. The topological polar surface area (TPSA) is 42.8 Å². The van der Waals surface area contributed by atoms with Gasteiger partial charge in [-0.25, -0.2) is 4.68 Å². The molecule has 0 saturated heterocycles. The number of hydrogen-bond acceptors (Lipinski definition) is 2. The average Bonchev–Trinajstić information content (AvgIpc) is 3.20. The molecule has 1 N–H and O–H groups in total. The second kappa shape index (κ2) is 6.56. The highest BCUT2D eigenvalue weighted by atomic mass is 16.5. The van der Waals surface area contributed by atoms with Gasteiger partial charge >= 0.3 is 0 Å². The number of hydrogen-bond donors (Lipinski definition) is 1. The van der Waals surface area contributed by atoms with Crippen LogP contribution in [0.15, 0.2) is 66.9 Å². The van der Waals surface area contributed by atoms with E-state index in [4.69, 9.17) is 4.74 Å². The normalized spacial score (nSPS) is 10.9. The Labute approximate surface area is 153 Å². The number of nitrogens with zero attached hydrogens (tertiary/aromatic N) is 2. The number of H-pyrrole nitrogens is 1. The monoisotopic (exact) mass is 343 g/mol. The molecule has 0 fully saturated rings. The molecular weight excluding hydrogens is 322 g/mol. The van der Waals surface area contributed by atoms with Gasteiger partial charge in [0.15, 0.2) is 0 Å². The third kappa shape index (κ3) is 3.14. The summed E-state index contributed by atoms with van der Waals surface area (Å²) in [7, 11) is 0. The molecule has 2 aromatic heterocycles. The summed E-state index contributed by atoms with van der Waals surface area (Å²) in [6, 6.07) is 20.2. The summed E-state index contributed by atoms with van der Waals surface area (Å²) < 4.78 is 8.04. The summed E-state index contributed by atoms with van der Waals surface area (Å²) in [5, 5.41) is 4.54. The minimum atomic E-state index is 0.787. The highest BCUT2D eigenvalue weighted by Crippen LogP contribution is 2.29. The largest absolute Gasteiger partial charge is 0.457 e. The van der Waals surface area contributed by atoms with Crippen LogP contribution in [0, 0.1) is 20.8 Å². The minimum Gasteiger partial charge on any atom is -0.457 e. The lowest BCUT2D eigenvalue weighted by molar-refractivity contribution is 0.482. The van der Waals surface area contributed by atoms with Gasteiger partial charge in [0.1, 0.15) is 11.5 Å². The maximum absolute atomic E-state index is 6.11. The molecule has 0 aliphatic heterocycles. The van der Waals surface area contributed by atoms with Crippen LogP contribution >= 0.6 is 0 Å². The van der Waals surface area contributed by atoms with Gasteiger partial charge in [-0.2, -0.15) is 5.10 Å². The molecule has 2 heterocycles. The van der Waals surface area contributed by atoms with E-state index < -0.39 is 0 Å². The van der Waals surface area contributed by atoms with Crippen molar-refractivity contribution in [3.05, 3.63) is 83.8 Å². The van der Waals surface area contributed by atoms with E-state index in [2.05, 4.69) is 48.2 Å². The molecule has 0 spiro atoms. The van der Waals surface area contributed by atoms with Gasteiger partial charge in [-0.05, 0) is 62.7 Å². The first kappa shape index (κ1) is 16.2. The van der Waals surface area contributed by atoms with Gasteiger partial charge in [0.25, 0.3) is 0 Å². The van der Waals surface area contributed by atoms with Gasteiger partial charge < -0.3 is 9.72 Å². The number of benzene rings is 2. The Balaban J connectivity index is 1.63. The van der Waals surface area contributed by atoms with E-state index in [-0.39, 0.29) is 0 Å². The van der Waals surface area contributed by atoms with Crippen molar-refractivity contribution in [2.45, 2.75) is 20.8 Å². The van der Waals surface area contributed by atoms with E-state index >= 15 is 0 Å². The molecule has 4 nitrogen and oxygen atoms in total. The Morgan fingerprint density at radius 1 is 0.885 bits per heavy atom. The van der Waals surface area contributed by atoms with Gasteiger partial charge in [0.05, 0.1) is 11.4 Å². The predicted octanol–water partition coefficient (Wildman–Crippen LogP) is 5.58. The number of rotatable bonds is 4. The van der Waals surface area contributed by atoms with Crippen LogP contribution in [-0.4, -0.2) is 14.8 Å². The molecule has 0 saturated carbocycles. The highest BCUT2D eigenvalue weighted by Gasteiger charge is 2.07. The van der Waals surface area contributed by atoms with Crippen LogP contribution in [0.25, 0.3) is 16.9 Å². The Morgan fingerprint density at radius 2 is 1.65 bits per heavy atom. The first-order valence-electron chi connectivity index (χ1n) is 8.66. The van der Waals surface area contributed by atoms with Crippen molar-refractivity contribution in [3.8, 4) is 28.4 Å². The summed E-state index contributed by atoms with van der Waals surface area (Å²) in [6.07, 6.45) is 1.95. The molecule has 0 aliphatic carbocycles. The van der Waals surface area contributed by atoms with Gasteiger partial charge in [0.2, 0.25) is 0 Å². The molecule has 0 radical (unpaired) electrons. The fourth-order valence-corrected chi connectivity index (χ4v) is 3.18. The molecule has 0 unspecified atom stereocenters. The SMILES string of the molecule is Cc1cc(C)n(-c2cccc(Oc3cccc(-c4[nH]ccc4C)c3)c2)n1. The summed E-state index contributed by atoms with van der Waals surface area (Å²) in [4.78, 5) is 3.28. The number of nitrogens with one attached hydrogen (secondary N) is 1. The average molecular weight is 343 g/mol. The van der Waals surface area contributed by atoms with Gasteiger partial charge in [-0.3, -0.25) is 0 Å². The maximum Gasteiger partial charge on any atom is 0.129 e. The summed E-state index contributed by atoms with van der Waals surface area (Å²) in [5.74, 6) is 1.59. The first-order chi connectivity index (χ1) is 12.6. The lowest BCUT2D eigenvalue weighted by Crippen LogP contribution is -1.99. The summed E-state index contributed by atoms with van der Waals surface area (Å²) in [5.41, 5.74) is 6.54. The number of aromatic amines is 1.